The first-order valence-corrected chi connectivity index (χ1v) is 7.58. The number of amides is 1. The molecule has 2 aromatic rings. The summed E-state index contributed by atoms with van der Waals surface area (Å²) in [5.74, 6) is 1.75. The molecule has 1 aromatic heterocycles. The van der Waals surface area contributed by atoms with Crippen LogP contribution in [0.1, 0.15) is 32.5 Å². The number of aryl methyl sites for hydroxylation is 1. The van der Waals surface area contributed by atoms with Crippen molar-refractivity contribution in [2.24, 2.45) is 5.73 Å². The average Bonchev–Trinajstić information content (AvgIpc) is 2.91. The van der Waals surface area contributed by atoms with Gasteiger partial charge in [0.15, 0.2) is 5.82 Å². The topological polar surface area (TPSA) is 85.8 Å². The van der Waals surface area contributed by atoms with Gasteiger partial charge >= 0.3 is 0 Å². The zero-order valence-corrected chi connectivity index (χ0v) is 13.0. The Morgan fingerprint density at radius 3 is 2.64 bits per heavy atom. The third kappa shape index (κ3) is 2.87. The van der Waals surface area contributed by atoms with Crippen LogP contribution < -0.4 is 11.1 Å². The average molecular weight is 299 g/mol. The second-order valence-electron chi connectivity index (χ2n) is 6.30. The lowest BCUT2D eigenvalue weighted by atomic mass is 10.1. The fourth-order valence-corrected chi connectivity index (χ4v) is 2.52. The van der Waals surface area contributed by atoms with E-state index in [0.29, 0.717) is 0 Å². The first-order valence-electron chi connectivity index (χ1n) is 7.58. The minimum absolute atomic E-state index is 0.208. The molecule has 0 bridgehead atoms. The molecule has 22 heavy (non-hydrogen) atoms. The molecule has 1 aliphatic rings. The molecular weight excluding hydrogens is 278 g/mol. The maximum atomic E-state index is 11.9. The normalized spacial score (nSPS) is 14.5. The van der Waals surface area contributed by atoms with Crippen LogP contribution in [0.2, 0.25) is 0 Å². The van der Waals surface area contributed by atoms with Crippen molar-refractivity contribution in [3.05, 3.63) is 30.1 Å². The highest BCUT2D eigenvalue weighted by Crippen LogP contribution is 2.24. The number of nitrogens with one attached hydrogen (secondary N) is 1. The molecule has 0 saturated carbocycles. The summed E-state index contributed by atoms with van der Waals surface area (Å²) in [5, 5.41) is 11.4. The third-order valence-electron chi connectivity index (χ3n) is 3.85. The number of carbonyl (C=O) groups excluding carboxylic acids is 1. The number of anilines is 1. The van der Waals surface area contributed by atoms with E-state index in [0.717, 1.165) is 42.3 Å². The Hall–Kier alpha value is -2.21. The first kappa shape index (κ1) is 14.7. The molecule has 0 saturated heterocycles. The van der Waals surface area contributed by atoms with Gasteiger partial charge in [-0.15, -0.1) is 10.2 Å². The summed E-state index contributed by atoms with van der Waals surface area (Å²) in [6.07, 6.45) is 3.34. The van der Waals surface area contributed by atoms with Crippen LogP contribution in [0.4, 0.5) is 5.69 Å². The van der Waals surface area contributed by atoms with Crippen LogP contribution in [-0.2, 0) is 17.8 Å². The van der Waals surface area contributed by atoms with Crippen molar-refractivity contribution < 1.29 is 4.79 Å². The highest BCUT2D eigenvalue weighted by Gasteiger charge is 2.22. The number of benzene rings is 1. The van der Waals surface area contributed by atoms with E-state index in [1.807, 2.05) is 24.3 Å². The standard InChI is InChI=1S/C16H21N5O/c1-16(2,17)15(22)18-12-8-6-11(7-9-12)14-20-19-13-5-3-4-10-21(13)14/h6-9H,3-5,10,17H2,1-2H3,(H,18,22). The minimum Gasteiger partial charge on any atom is -0.325 e. The lowest BCUT2D eigenvalue weighted by Gasteiger charge is -2.18. The fourth-order valence-electron chi connectivity index (χ4n) is 2.52. The Morgan fingerprint density at radius 2 is 1.95 bits per heavy atom. The summed E-state index contributed by atoms with van der Waals surface area (Å²) in [6, 6.07) is 7.63. The lowest BCUT2D eigenvalue weighted by Crippen LogP contribution is -2.45. The van der Waals surface area contributed by atoms with E-state index in [4.69, 9.17) is 5.73 Å². The van der Waals surface area contributed by atoms with Crippen LogP contribution in [0, 0.1) is 0 Å². The molecule has 116 valence electrons. The number of fused-ring (bicyclic) bond motifs is 1. The largest absolute Gasteiger partial charge is 0.325 e. The number of nitrogens with two attached hydrogens (primary N) is 1. The van der Waals surface area contributed by atoms with Gasteiger partial charge in [-0.2, -0.15) is 0 Å². The number of hydrogen-bond donors (Lipinski definition) is 2. The van der Waals surface area contributed by atoms with Crippen molar-refractivity contribution in [3.8, 4) is 11.4 Å². The Bertz CT molecular complexity index is 682. The van der Waals surface area contributed by atoms with Gasteiger partial charge in [-0.25, -0.2) is 0 Å². The maximum absolute atomic E-state index is 11.9. The van der Waals surface area contributed by atoms with E-state index in [2.05, 4.69) is 20.1 Å². The third-order valence-corrected chi connectivity index (χ3v) is 3.85. The SMILES string of the molecule is CC(C)(N)C(=O)Nc1ccc(-c2nnc3n2CCCC3)cc1. The monoisotopic (exact) mass is 299 g/mol. The van der Waals surface area contributed by atoms with Crippen molar-refractivity contribution in [2.75, 3.05) is 5.32 Å². The van der Waals surface area contributed by atoms with Gasteiger partial charge in [0.2, 0.25) is 5.91 Å². The number of nitrogens with zero attached hydrogens (tertiary/aromatic N) is 3. The molecule has 1 aliphatic heterocycles. The van der Waals surface area contributed by atoms with Crippen LogP contribution in [0.5, 0.6) is 0 Å². The molecule has 1 amide bonds. The molecular formula is C16H21N5O. The second kappa shape index (κ2) is 5.53. The summed E-state index contributed by atoms with van der Waals surface area (Å²) in [7, 11) is 0. The Labute approximate surface area is 129 Å². The molecule has 0 unspecified atom stereocenters. The molecule has 2 heterocycles. The molecule has 1 aromatic carbocycles. The van der Waals surface area contributed by atoms with Crippen LogP contribution in [0.15, 0.2) is 24.3 Å². The number of rotatable bonds is 3. The zero-order valence-electron chi connectivity index (χ0n) is 13.0. The van der Waals surface area contributed by atoms with Gasteiger partial charge in [-0.3, -0.25) is 4.79 Å². The van der Waals surface area contributed by atoms with Gasteiger partial charge in [0.25, 0.3) is 0 Å². The Kier molecular flexibility index (Phi) is 3.70. The van der Waals surface area contributed by atoms with Crippen LogP contribution in [-0.4, -0.2) is 26.2 Å². The smallest absolute Gasteiger partial charge is 0.243 e. The molecule has 0 atom stereocenters. The van der Waals surface area contributed by atoms with Crippen molar-refractivity contribution in [1.82, 2.24) is 14.8 Å². The predicted molar refractivity (Wildman–Crippen MR) is 85.3 cm³/mol. The Morgan fingerprint density at radius 1 is 1.23 bits per heavy atom. The molecule has 3 rings (SSSR count). The highest BCUT2D eigenvalue weighted by atomic mass is 16.2. The lowest BCUT2D eigenvalue weighted by molar-refractivity contribution is -0.120. The zero-order chi connectivity index (χ0) is 15.7. The van der Waals surface area contributed by atoms with Gasteiger partial charge in [0.05, 0.1) is 5.54 Å². The molecule has 0 radical (unpaired) electrons. The van der Waals surface area contributed by atoms with E-state index >= 15 is 0 Å². The molecule has 6 nitrogen and oxygen atoms in total. The summed E-state index contributed by atoms with van der Waals surface area (Å²) in [4.78, 5) is 11.9. The highest BCUT2D eigenvalue weighted by molar-refractivity contribution is 5.97. The van der Waals surface area contributed by atoms with Gasteiger partial charge < -0.3 is 15.6 Å². The molecule has 0 spiro atoms. The van der Waals surface area contributed by atoms with Crippen molar-refractivity contribution in [3.63, 3.8) is 0 Å². The van der Waals surface area contributed by atoms with E-state index < -0.39 is 5.54 Å². The summed E-state index contributed by atoms with van der Waals surface area (Å²) < 4.78 is 2.18. The minimum atomic E-state index is -0.898. The van der Waals surface area contributed by atoms with Gasteiger partial charge in [-0.05, 0) is 51.0 Å². The molecule has 0 fully saturated rings. The number of hydrogen-bond acceptors (Lipinski definition) is 4. The summed E-state index contributed by atoms with van der Waals surface area (Å²) >= 11 is 0. The van der Waals surface area contributed by atoms with E-state index in [1.165, 1.54) is 6.42 Å². The van der Waals surface area contributed by atoms with E-state index in [-0.39, 0.29) is 5.91 Å². The van der Waals surface area contributed by atoms with E-state index in [9.17, 15) is 4.79 Å². The molecule has 0 aliphatic carbocycles. The fraction of sp³-hybridized carbons (Fsp3) is 0.438. The second-order valence-corrected chi connectivity index (χ2v) is 6.30. The summed E-state index contributed by atoms with van der Waals surface area (Å²) in [5.41, 5.74) is 6.61. The quantitative estimate of drug-likeness (QED) is 0.907. The van der Waals surface area contributed by atoms with Crippen LogP contribution >= 0.6 is 0 Å². The van der Waals surface area contributed by atoms with Gasteiger partial charge in [0.1, 0.15) is 5.82 Å². The van der Waals surface area contributed by atoms with Crippen molar-refractivity contribution >= 4 is 11.6 Å². The Balaban J connectivity index is 1.80. The van der Waals surface area contributed by atoms with Gasteiger partial charge in [-0.1, -0.05) is 0 Å². The summed E-state index contributed by atoms with van der Waals surface area (Å²) in [6.45, 7) is 4.33. The molecule has 6 heteroatoms. The van der Waals surface area contributed by atoms with Crippen molar-refractivity contribution in [2.45, 2.75) is 45.2 Å². The molecule has 3 N–H and O–H groups in total. The number of aromatic nitrogens is 3. The number of carbonyl (C=O) groups is 1. The van der Waals surface area contributed by atoms with Crippen LogP contribution in [0.3, 0.4) is 0 Å². The maximum Gasteiger partial charge on any atom is 0.243 e. The first-order chi connectivity index (χ1) is 10.4. The van der Waals surface area contributed by atoms with E-state index in [1.54, 1.807) is 13.8 Å². The van der Waals surface area contributed by atoms with Gasteiger partial charge in [0, 0.05) is 24.2 Å². The van der Waals surface area contributed by atoms with Crippen molar-refractivity contribution in [1.29, 1.82) is 0 Å². The predicted octanol–water partition coefficient (Wildman–Crippen LogP) is 1.96. The van der Waals surface area contributed by atoms with Crippen LogP contribution in [0.25, 0.3) is 11.4 Å².